The Balaban J connectivity index is 0.899. The number of nitrogens with one attached hydrogen (secondary N) is 4. The fraction of sp³-hybridized carbons (Fsp3) is 0.393. The molecule has 6 rings (SSSR count). The number of urea groups is 1. The lowest BCUT2D eigenvalue weighted by molar-refractivity contribution is -0.122. The van der Waals surface area contributed by atoms with Crippen LogP contribution in [0.15, 0.2) is 56.0 Å². The van der Waals surface area contributed by atoms with Crippen molar-refractivity contribution in [2.45, 2.75) is 59.7 Å². The second kappa shape index (κ2) is 12.9. The lowest BCUT2D eigenvalue weighted by Gasteiger charge is -2.16. The second-order valence-corrected chi connectivity index (χ2v) is 13.5. The molecule has 220 valence electrons. The number of amides is 5. The number of thioether (sulfide) groups is 2. The zero-order chi connectivity index (χ0) is 29.1. The van der Waals surface area contributed by atoms with Crippen LogP contribution in [-0.4, -0.2) is 74.1 Å². The number of hydrogen-bond acceptors (Lipinski definition) is 9. The Bertz CT molecular complexity index is 1500. The molecule has 14 heteroatoms. The van der Waals surface area contributed by atoms with Crippen LogP contribution in [0, 0.1) is 0 Å². The van der Waals surface area contributed by atoms with Gasteiger partial charge in [-0.15, -0.1) is 0 Å². The lowest BCUT2D eigenvalue weighted by Crippen LogP contribution is -2.36. The summed E-state index contributed by atoms with van der Waals surface area (Å²) in [7, 11) is 0. The number of H-pyrrole nitrogens is 1. The van der Waals surface area contributed by atoms with Crippen LogP contribution in [0.3, 0.4) is 0 Å². The average molecular weight is 627 g/mol. The molecule has 0 unspecified atom stereocenters. The molecule has 3 aliphatic rings. The highest BCUT2D eigenvalue weighted by Crippen LogP contribution is 2.35. The minimum absolute atomic E-state index is 0.0361. The van der Waals surface area contributed by atoms with Gasteiger partial charge in [0.05, 0.1) is 28.0 Å². The van der Waals surface area contributed by atoms with Gasteiger partial charge in [0.15, 0.2) is 10.2 Å². The van der Waals surface area contributed by atoms with Crippen LogP contribution in [0.25, 0.3) is 17.1 Å². The van der Waals surface area contributed by atoms with E-state index in [9.17, 15) is 19.2 Å². The maximum atomic E-state index is 12.9. The number of aromatic amines is 1. The summed E-state index contributed by atoms with van der Waals surface area (Å²) in [6.07, 6.45) is 5.15. The maximum Gasteiger partial charge on any atom is 0.315 e. The summed E-state index contributed by atoms with van der Waals surface area (Å²) in [6, 6.07) is 11.6. The first-order chi connectivity index (χ1) is 20.4. The highest BCUT2D eigenvalue weighted by atomic mass is 32.2. The maximum absolute atomic E-state index is 12.9. The summed E-state index contributed by atoms with van der Waals surface area (Å²) in [6.45, 7) is 0.620. The molecule has 3 saturated heterocycles. The van der Waals surface area contributed by atoms with E-state index in [4.69, 9.17) is 4.42 Å². The number of unbranched alkanes of at least 4 members (excludes halogenated alkanes) is 1. The van der Waals surface area contributed by atoms with Gasteiger partial charge in [0, 0.05) is 36.6 Å². The molecule has 3 atom stereocenters. The Hall–Kier alpha value is -3.36. The monoisotopic (exact) mass is 626 g/mol. The third kappa shape index (κ3) is 6.65. The smallest absolute Gasteiger partial charge is 0.315 e. The van der Waals surface area contributed by atoms with Crippen molar-refractivity contribution in [1.29, 1.82) is 0 Å². The SMILES string of the molecule is O=C(CCCC[C@@H]1SC[C@@H]2NC(=O)N[C@@H]21)NCCCN1C(=O)S/C(=C\c2ccc(Sc3nc4ccccc4[nH]3)o2)C1=O. The molecule has 3 aliphatic heterocycles. The second-order valence-electron chi connectivity index (χ2n) is 10.2. The largest absolute Gasteiger partial charge is 0.450 e. The molecule has 2 aromatic heterocycles. The molecular weight excluding hydrogens is 597 g/mol. The van der Waals surface area contributed by atoms with Crippen molar-refractivity contribution < 1.29 is 23.6 Å². The number of para-hydroxylation sites is 2. The fourth-order valence-corrected chi connectivity index (χ4v) is 8.35. The highest BCUT2D eigenvalue weighted by Gasteiger charge is 2.42. The predicted octanol–water partition coefficient (Wildman–Crippen LogP) is 4.58. The Morgan fingerprint density at radius 2 is 2.02 bits per heavy atom. The number of nitrogens with zero attached hydrogens (tertiary/aromatic N) is 2. The minimum atomic E-state index is -0.361. The summed E-state index contributed by atoms with van der Waals surface area (Å²) in [4.78, 5) is 58.3. The number of benzene rings is 1. The molecule has 5 heterocycles. The molecule has 5 amide bonds. The van der Waals surface area contributed by atoms with Crippen LogP contribution in [0.5, 0.6) is 0 Å². The predicted molar refractivity (Wildman–Crippen MR) is 163 cm³/mol. The summed E-state index contributed by atoms with van der Waals surface area (Å²) in [5.74, 6) is 1.01. The molecule has 4 N–H and O–H groups in total. The lowest BCUT2D eigenvalue weighted by atomic mass is 10.0. The van der Waals surface area contributed by atoms with Crippen LogP contribution in [0.2, 0.25) is 0 Å². The number of rotatable bonds is 12. The van der Waals surface area contributed by atoms with E-state index in [-0.39, 0.29) is 41.7 Å². The summed E-state index contributed by atoms with van der Waals surface area (Å²) in [5, 5.41) is 10.2. The van der Waals surface area contributed by atoms with E-state index in [0.29, 0.717) is 45.6 Å². The van der Waals surface area contributed by atoms with Crippen molar-refractivity contribution in [3.05, 3.63) is 47.1 Å². The van der Waals surface area contributed by atoms with Crippen LogP contribution < -0.4 is 16.0 Å². The number of hydrogen-bond donors (Lipinski definition) is 4. The van der Waals surface area contributed by atoms with Crippen LogP contribution >= 0.6 is 35.3 Å². The number of fused-ring (bicyclic) bond motifs is 2. The van der Waals surface area contributed by atoms with Gasteiger partial charge in [0.25, 0.3) is 11.1 Å². The highest BCUT2D eigenvalue weighted by molar-refractivity contribution is 8.18. The van der Waals surface area contributed by atoms with Gasteiger partial charge >= 0.3 is 6.03 Å². The summed E-state index contributed by atoms with van der Waals surface area (Å²) < 4.78 is 5.84. The zero-order valence-corrected chi connectivity index (χ0v) is 25.0. The van der Waals surface area contributed by atoms with Gasteiger partial charge in [-0.2, -0.15) is 11.8 Å². The standard InChI is InChI=1S/C28H30N6O5S3/c35-22(9-4-3-8-20-24-19(15-40-20)30-26(37)33-24)29-12-5-13-34-25(36)21(41-28(34)38)14-16-10-11-23(39-16)42-27-31-17-6-1-2-7-18(17)32-27/h1-2,6-7,10-11,14,19-20,24H,3-5,8-9,12-13,15H2,(H,29,35)(H,31,32)(H2,30,33,37)/b21-14-/t19-,20-,24-/m0/s1. The molecule has 0 spiro atoms. The minimum Gasteiger partial charge on any atom is -0.450 e. The van der Waals surface area contributed by atoms with Crippen LogP contribution in [0.1, 0.15) is 37.9 Å². The molecule has 0 aliphatic carbocycles. The van der Waals surface area contributed by atoms with Crippen molar-refractivity contribution in [3.8, 4) is 0 Å². The van der Waals surface area contributed by atoms with Gasteiger partial charge in [-0.3, -0.25) is 19.3 Å². The molecule has 0 saturated carbocycles. The van der Waals surface area contributed by atoms with Gasteiger partial charge in [-0.1, -0.05) is 18.6 Å². The Morgan fingerprint density at radius 1 is 1.14 bits per heavy atom. The molecular formula is C28H30N6O5S3. The van der Waals surface area contributed by atoms with Crippen molar-refractivity contribution in [2.75, 3.05) is 18.8 Å². The first-order valence-electron chi connectivity index (χ1n) is 13.9. The van der Waals surface area contributed by atoms with E-state index in [0.717, 1.165) is 47.8 Å². The van der Waals surface area contributed by atoms with Crippen molar-refractivity contribution in [3.63, 3.8) is 0 Å². The van der Waals surface area contributed by atoms with E-state index in [1.807, 2.05) is 36.0 Å². The summed E-state index contributed by atoms with van der Waals surface area (Å²) >= 11 is 4.10. The van der Waals surface area contributed by atoms with E-state index >= 15 is 0 Å². The Labute approximate surface area is 254 Å². The third-order valence-electron chi connectivity index (χ3n) is 7.28. The van der Waals surface area contributed by atoms with Gasteiger partial charge in [0.1, 0.15) is 5.76 Å². The molecule has 0 bridgehead atoms. The van der Waals surface area contributed by atoms with Gasteiger partial charge < -0.3 is 25.4 Å². The summed E-state index contributed by atoms with van der Waals surface area (Å²) in [5.41, 5.74) is 1.80. The average Bonchev–Trinajstić information content (AvgIpc) is 3.78. The number of carbonyl (C=O) groups is 4. The first kappa shape index (κ1) is 28.7. The number of imidazole rings is 1. The number of aromatic nitrogens is 2. The molecule has 0 radical (unpaired) electrons. The quantitative estimate of drug-likeness (QED) is 0.129. The van der Waals surface area contributed by atoms with Crippen LogP contribution in [0.4, 0.5) is 9.59 Å². The molecule has 1 aromatic carbocycles. The molecule has 42 heavy (non-hydrogen) atoms. The number of carbonyl (C=O) groups excluding carboxylic acids is 4. The number of furan rings is 1. The normalized spacial score (nSPS) is 22.7. The molecule has 3 fully saturated rings. The molecule has 3 aromatic rings. The van der Waals surface area contributed by atoms with Gasteiger partial charge in [-0.25, -0.2) is 9.78 Å². The topological polar surface area (TPSA) is 149 Å². The van der Waals surface area contributed by atoms with Gasteiger partial charge in [0.2, 0.25) is 5.91 Å². The first-order valence-corrected chi connectivity index (χ1v) is 16.5. The van der Waals surface area contributed by atoms with E-state index in [1.165, 1.54) is 16.7 Å². The van der Waals surface area contributed by atoms with Crippen molar-refractivity contribution in [1.82, 2.24) is 30.8 Å². The Morgan fingerprint density at radius 3 is 2.90 bits per heavy atom. The van der Waals surface area contributed by atoms with Crippen molar-refractivity contribution >= 4 is 75.5 Å². The third-order valence-corrected chi connectivity index (χ3v) is 10.5. The van der Waals surface area contributed by atoms with E-state index in [1.54, 1.807) is 18.2 Å². The van der Waals surface area contributed by atoms with E-state index < -0.39 is 0 Å². The fourth-order valence-electron chi connectivity index (χ4n) is 5.19. The van der Waals surface area contributed by atoms with Gasteiger partial charge in [-0.05, 0) is 67.1 Å². The zero-order valence-electron chi connectivity index (χ0n) is 22.6. The van der Waals surface area contributed by atoms with Crippen molar-refractivity contribution in [2.24, 2.45) is 0 Å². The van der Waals surface area contributed by atoms with Crippen LogP contribution in [-0.2, 0) is 9.59 Å². The van der Waals surface area contributed by atoms with E-state index in [2.05, 4.69) is 25.9 Å². The Kier molecular flexibility index (Phi) is 8.81. The molecule has 11 nitrogen and oxygen atoms in total. The number of imide groups is 1.